The van der Waals surface area contributed by atoms with E-state index in [2.05, 4.69) is 4.98 Å². The van der Waals surface area contributed by atoms with Crippen molar-refractivity contribution in [2.45, 2.75) is 0 Å². The van der Waals surface area contributed by atoms with Crippen molar-refractivity contribution in [2.75, 3.05) is 31.1 Å². The van der Waals surface area contributed by atoms with Gasteiger partial charge in [-0.05, 0) is 18.2 Å². The first-order valence-electron chi connectivity index (χ1n) is 7.85. The van der Waals surface area contributed by atoms with Crippen LogP contribution in [-0.4, -0.2) is 51.8 Å². The van der Waals surface area contributed by atoms with Crippen LogP contribution in [0.15, 0.2) is 42.6 Å². The van der Waals surface area contributed by atoms with Gasteiger partial charge in [-0.2, -0.15) is 0 Å². The lowest BCUT2D eigenvalue weighted by Crippen LogP contribution is -2.49. The van der Waals surface area contributed by atoms with Crippen LogP contribution in [0.25, 0.3) is 0 Å². The minimum atomic E-state index is -0.521. The molecule has 1 aliphatic heterocycles. The smallest absolute Gasteiger partial charge is 0.311 e. The summed E-state index contributed by atoms with van der Waals surface area (Å²) in [6.45, 7) is 1.58. The Morgan fingerprint density at radius 2 is 1.62 bits per heavy atom. The van der Waals surface area contributed by atoms with E-state index in [-0.39, 0.29) is 17.3 Å². The van der Waals surface area contributed by atoms with Gasteiger partial charge < -0.3 is 9.80 Å². The number of piperazine rings is 1. The number of hydrogen-bond donors (Lipinski definition) is 0. The van der Waals surface area contributed by atoms with Crippen molar-refractivity contribution in [1.82, 2.24) is 9.88 Å². The molecule has 0 saturated carbocycles. The molecule has 0 radical (unpaired) electrons. The summed E-state index contributed by atoms with van der Waals surface area (Å²) in [4.78, 5) is 40.8. The third kappa shape index (κ3) is 3.43. The van der Waals surface area contributed by atoms with Crippen LogP contribution in [0, 0.1) is 20.2 Å². The van der Waals surface area contributed by atoms with Gasteiger partial charge in [0, 0.05) is 56.1 Å². The van der Waals surface area contributed by atoms with Crippen LogP contribution in [0.1, 0.15) is 10.4 Å². The highest BCUT2D eigenvalue weighted by Crippen LogP contribution is 2.26. The highest BCUT2D eigenvalue weighted by Gasteiger charge is 2.27. The predicted molar refractivity (Wildman–Crippen MR) is 92.1 cm³/mol. The fourth-order valence-corrected chi connectivity index (χ4v) is 2.80. The van der Waals surface area contributed by atoms with Crippen LogP contribution in [-0.2, 0) is 0 Å². The number of anilines is 1. The van der Waals surface area contributed by atoms with Gasteiger partial charge in [0.15, 0.2) is 0 Å². The third-order valence-electron chi connectivity index (χ3n) is 4.15. The number of carbonyl (C=O) groups is 1. The monoisotopic (exact) mass is 357 g/mol. The zero-order valence-corrected chi connectivity index (χ0v) is 13.6. The van der Waals surface area contributed by atoms with Gasteiger partial charge in [0.05, 0.1) is 9.85 Å². The number of non-ortho nitro benzene ring substituents is 1. The number of nitro groups is 2. The lowest BCUT2D eigenvalue weighted by Gasteiger charge is -2.35. The van der Waals surface area contributed by atoms with Gasteiger partial charge in [-0.15, -0.1) is 0 Å². The van der Waals surface area contributed by atoms with Gasteiger partial charge in [0.2, 0.25) is 5.82 Å². The summed E-state index contributed by atoms with van der Waals surface area (Å²) in [6, 6.07) is 8.35. The molecule has 0 N–H and O–H groups in total. The van der Waals surface area contributed by atoms with Crippen LogP contribution >= 0.6 is 0 Å². The highest BCUT2D eigenvalue weighted by molar-refractivity contribution is 5.94. The molecule has 2 aromatic rings. The molecule has 1 aromatic carbocycles. The van der Waals surface area contributed by atoms with Gasteiger partial charge in [0.25, 0.3) is 11.6 Å². The molecule has 1 fully saturated rings. The van der Waals surface area contributed by atoms with Crippen LogP contribution in [0.3, 0.4) is 0 Å². The fraction of sp³-hybridized carbons (Fsp3) is 0.250. The van der Waals surface area contributed by atoms with Crippen LogP contribution in [0.2, 0.25) is 0 Å². The maximum absolute atomic E-state index is 12.5. The lowest BCUT2D eigenvalue weighted by atomic mass is 10.1. The Labute approximate surface area is 148 Å². The second-order valence-corrected chi connectivity index (χ2v) is 5.69. The van der Waals surface area contributed by atoms with E-state index in [4.69, 9.17) is 0 Å². The molecular weight excluding hydrogens is 342 g/mol. The molecule has 1 aliphatic rings. The van der Waals surface area contributed by atoms with Crippen molar-refractivity contribution < 1.29 is 14.6 Å². The minimum absolute atomic E-state index is 0.0670. The van der Waals surface area contributed by atoms with Crippen molar-refractivity contribution in [1.29, 1.82) is 0 Å². The van der Waals surface area contributed by atoms with Gasteiger partial charge in [-0.3, -0.25) is 25.0 Å². The average molecular weight is 357 g/mol. The van der Waals surface area contributed by atoms with E-state index >= 15 is 0 Å². The van der Waals surface area contributed by atoms with Crippen molar-refractivity contribution >= 4 is 23.1 Å². The molecule has 1 amide bonds. The Morgan fingerprint density at radius 1 is 0.962 bits per heavy atom. The van der Waals surface area contributed by atoms with E-state index in [9.17, 15) is 25.0 Å². The number of nitro benzene ring substituents is 1. The minimum Gasteiger partial charge on any atom is -0.347 e. The first-order valence-corrected chi connectivity index (χ1v) is 7.85. The predicted octanol–water partition coefficient (Wildman–Crippen LogP) is 1.86. The molecular formula is C16H15N5O5. The van der Waals surface area contributed by atoms with Crippen molar-refractivity contribution in [3.8, 4) is 0 Å². The fourth-order valence-electron chi connectivity index (χ4n) is 2.80. The summed E-state index contributed by atoms with van der Waals surface area (Å²) in [6.07, 6.45) is 1.50. The Hall–Kier alpha value is -3.56. The van der Waals surface area contributed by atoms with Crippen molar-refractivity contribution in [3.63, 3.8) is 0 Å². The number of hydrogen-bond acceptors (Lipinski definition) is 7. The number of amides is 1. The van der Waals surface area contributed by atoms with E-state index in [1.54, 1.807) is 9.80 Å². The van der Waals surface area contributed by atoms with Crippen LogP contribution in [0.5, 0.6) is 0 Å². The van der Waals surface area contributed by atoms with Crippen LogP contribution in [0.4, 0.5) is 17.2 Å². The molecule has 0 aliphatic carbocycles. The molecule has 0 bridgehead atoms. The zero-order valence-electron chi connectivity index (χ0n) is 13.6. The SMILES string of the molecule is O=C(c1ccc([N+](=O)[O-])cc1)N1CCN(c2ncccc2[N+](=O)[O-])CC1. The Kier molecular flexibility index (Phi) is 4.74. The van der Waals surface area contributed by atoms with E-state index in [1.807, 2.05) is 0 Å². The van der Waals surface area contributed by atoms with Gasteiger partial charge >= 0.3 is 5.69 Å². The van der Waals surface area contributed by atoms with Crippen molar-refractivity contribution in [3.05, 3.63) is 68.4 Å². The number of carbonyl (C=O) groups excluding carboxylic acids is 1. The average Bonchev–Trinajstić information content (AvgIpc) is 2.67. The molecule has 0 unspecified atom stereocenters. The number of rotatable bonds is 4. The van der Waals surface area contributed by atoms with Crippen molar-refractivity contribution in [2.24, 2.45) is 0 Å². The van der Waals surface area contributed by atoms with Crippen LogP contribution < -0.4 is 4.90 Å². The maximum Gasteiger partial charge on any atom is 0.311 e. The Bertz CT molecular complexity index is 846. The van der Waals surface area contributed by atoms with Gasteiger partial charge in [0.1, 0.15) is 0 Å². The van der Waals surface area contributed by atoms with E-state index in [0.29, 0.717) is 37.6 Å². The Balaban J connectivity index is 1.68. The van der Waals surface area contributed by atoms with E-state index < -0.39 is 9.85 Å². The molecule has 134 valence electrons. The summed E-state index contributed by atoms with van der Waals surface area (Å²) >= 11 is 0. The molecule has 1 aromatic heterocycles. The summed E-state index contributed by atoms with van der Waals surface area (Å²) in [5, 5.41) is 21.8. The lowest BCUT2D eigenvalue weighted by molar-refractivity contribution is -0.384. The maximum atomic E-state index is 12.5. The zero-order chi connectivity index (χ0) is 18.7. The molecule has 2 heterocycles. The normalized spacial score (nSPS) is 14.2. The third-order valence-corrected chi connectivity index (χ3v) is 4.15. The molecule has 10 heteroatoms. The molecule has 0 spiro atoms. The second-order valence-electron chi connectivity index (χ2n) is 5.69. The van der Waals surface area contributed by atoms with Gasteiger partial charge in [-0.25, -0.2) is 4.98 Å². The standard InChI is InChI=1S/C16H15N5O5/c22-16(12-3-5-13(6-4-12)20(23)24)19-10-8-18(9-11-19)15-14(21(25)26)2-1-7-17-15/h1-7H,8-11H2. The summed E-state index contributed by atoms with van der Waals surface area (Å²) in [5.41, 5.74) is 0.226. The Morgan fingerprint density at radius 3 is 2.19 bits per heavy atom. The first kappa shape index (κ1) is 17.3. The summed E-state index contributed by atoms with van der Waals surface area (Å²) in [7, 11) is 0. The number of aromatic nitrogens is 1. The van der Waals surface area contributed by atoms with E-state index in [0.717, 1.165) is 0 Å². The van der Waals surface area contributed by atoms with Gasteiger partial charge in [-0.1, -0.05) is 0 Å². The molecule has 0 atom stereocenters. The summed E-state index contributed by atoms with van der Waals surface area (Å²) < 4.78 is 0. The summed E-state index contributed by atoms with van der Waals surface area (Å²) in [5.74, 6) is 0.0648. The second kappa shape index (κ2) is 7.13. The first-order chi connectivity index (χ1) is 12.5. The molecule has 3 rings (SSSR count). The highest BCUT2D eigenvalue weighted by atomic mass is 16.6. The quantitative estimate of drug-likeness (QED) is 0.604. The molecule has 1 saturated heterocycles. The van der Waals surface area contributed by atoms with E-state index in [1.165, 1.54) is 42.6 Å². The largest absolute Gasteiger partial charge is 0.347 e. The number of pyridine rings is 1. The number of benzene rings is 1. The topological polar surface area (TPSA) is 123 Å². The molecule has 26 heavy (non-hydrogen) atoms. The number of nitrogens with zero attached hydrogens (tertiary/aromatic N) is 5. The molecule has 10 nitrogen and oxygen atoms in total.